The van der Waals surface area contributed by atoms with E-state index in [0.717, 1.165) is 40.7 Å². The number of benzene rings is 1. The van der Waals surface area contributed by atoms with Gasteiger partial charge in [-0.05, 0) is 73.2 Å². The SMILES string of the molecule is Cc1cc2ccsc2c(O)c1-c1ccc2oc(N[C@@H]3CCCN(N4CCCC4)C3)nc2n1. The van der Waals surface area contributed by atoms with Gasteiger partial charge >= 0.3 is 0 Å². The van der Waals surface area contributed by atoms with Crippen molar-refractivity contribution in [1.82, 2.24) is 20.0 Å². The van der Waals surface area contributed by atoms with Gasteiger partial charge in [-0.3, -0.25) is 0 Å². The first-order chi connectivity index (χ1) is 15.7. The lowest BCUT2D eigenvalue weighted by Gasteiger charge is -2.38. The summed E-state index contributed by atoms with van der Waals surface area (Å²) in [4.78, 5) is 9.36. The zero-order valence-corrected chi connectivity index (χ0v) is 19.0. The Balaban J connectivity index is 1.26. The molecule has 6 rings (SSSR count). The number of hydrogen-bond acceptors (Lipinski definition) is 8. The fourth-order valence-electron chi connectivity index (χ4n) is 5.06. The highest BCUT2D eigenvalue weighted by molar-refractivity contribution is 7.17. The number of nitrogens with zero attached hydrogens (tertiary/aromatic N) is 4. The molecular weight excluding hydrogens is 422 g/mol. The Bertz CT molecular complexity index is 1280. The van der Waals surface area contributed by atoms with Crippen molar-refractivity contribution in [2.75, 3.05) is 31.5 Å². The summed E-state index contributed by atoms with van der Waals surface area (Å²) in [6, 6.07) is 8.74. The van der Waals surface area contributed by atoms with Gasteiger partial charge in [0.05, 0.1) is 10.4 Å². The molecule has 4 aromatic rings. The van der Waals surface area contributed by atoms with Crippen molar-refractivity contribution >= 4 is 38.7 Å². The van der Waals surface area contributed by atoms with E-state index in [1.165, 1.54) is 43.7 Å². The van der Waals surface area contributed by atoms with Gasteiger partial charge in [-0.2, -0.15) is 4.98 Å². The Labute approximate surface area is 190 Å². The lowest BCUT2D eigenvalue weighted by atomic mass is 10.0. The van der Waals surface area contributed by atoms with Crippen LogP contribution in [0.3, 0.4) is 0 Å². The van der Waals surface area contributed by atoms with Gasteiger partial charge in [0.25, 0.3) is 6.01 Å². The number of nitrogens with one attached hydrogen (secondary N) is 1. The first kappa shape index (κ1) is 20.0. The zero-order valence-electron chi connectivity index (χ0n) is 18.2. The summed E-state index contributed by atoms with van der Waals surface area (Å²) in [5.74, 6) is 0.285. The molecule has 0 amide bonds. The van der Waals surface area contributed by atoms with Gasteiger partial charge < -0.3 is 14.8 Å². The number of rotatable bonds is 4. The molecule has 0 radical (unpaired) electrons. The third-order valence-corrected chi connectivity index (χ3v) is 7.57. The molecule has 0 saturated carbocycles. The van der Waals surface area contributed by atoms with Crippen LogP contribution in [0.15, 0.2) is 34.1 Å². The van der Waals surface area contributed by atoms with E-state index in [1.807, 2.05) is 30.5 Å². The van der Waals surface area contributed by atoms with E-state index in [-0.39, 0.29) is 5.75 Å². The molecule has 5 heterocycles. The second-order valence-corrected chi connectivity index (χ2v) is 9.77. The summed E-state index contributed by atoms with van der Waals surface area (Å²) in [5.41, 5.74) is 3.67. The Morgan fingerprint density at radius 2 is 1.94 bits per heavy atom. The van der Waals surface area contributed by atoms with E-state index >= 15 is 0 Å². The summed E-state index contributed by atoms with van der Waals surface area (Å²) in [7, 11) is 0. The topological polar surface area (TPSA) is 77.7 Å². The number of pyridine rings is 1. The van der Waals surface area contributed by atoms with Crippen LogP contribution < -0.4 is 5.32 Å². The van der Waals surface area contributed by atoms with Crippen LogP contribution in [0.25, 0.3) is 32.6 Å². The van der Waals surface area contributed by atoms with Crippen molar-refractivity contribution in [2.24, 2.45) is 0 Å². The van der Waals surface area contributed by atoms with Crippen LogP contribution in [-0.4, -0.2) is 57.3 Å². The average Bonchev–Trinajstić information content (AvgIpc) is 3.54. The van der Waals surface area contributed by atoms with E-state index in [2.05, 4.69) is 26.4 Å². The maximum Gasteiger partial charge on any atom is 0.297 e. The van der Waals surface area contributed by atoms with Crippen LogP contribution in [0.4, 0.5) is 6.01 Å². The van der Waals surface area contributed by atoms with E-state index < -0.39 is 0 Å². The molecule has 2 fully saturated rings. The molecule has 1 atom stereocenters. The highest BCUT2D eigenvalue weighted by Crippen LogP contribution is 2.41. The summed E-state index contributed by atoms with van der Waals surface area (Å²) >= 11 is 1.54. The van der Waals surface area contributed by atoms with Gasteiger partial charge in [-0.1, -0.05) is 0 Å². The van der Waals surface area contributed by atoms with Crippen LogP contribution in [0, 0.1) is 6.92 Å². The molecule has 2 aliphatic rings. The number of anilines is 1. The van der Waals surface area contributed by atoms with Gasteiger partial charge in [-0.25, -0.2) is 15.0 Å². The van der Waals surface area contributed by atoms with Crippen LogP contribution >= 0.6 is 11.3 Å². The quantitative estimate of drug-likeness (QED) is 0.454. The number of thiophene rings is 1. The van der Waals surface area contributed by atoms with Gasteiger partial charge in [0.15, 0.2) is 5.58 Å². The smallest absolute Gasteiger partial charge is 0.297 e. The fraction of sp³-hybridized carbons (Fsp3) is 0.417. The zero-order chi connectivity index (χ0) is 21.7. The minimum absolute atomic E-state index is 0.285. The molecule has 7 nitrogen and oxygen atoms in total. The number of hydrogen-bond donors (Lipinski definition) is 2. The van der Waals surface area contributed by atoms with Gasteiger partial charge in [0.2, 0.25) is 5.65 Å². The number of piperidine rings is 1. The molecule has 166 valence electrons. The highest BCUT2D eigenvalue weighted by atomic mass is 32.1. The molecule has 32 heavy (non-hydrogen) atoms. The number of hydrazine groups is 1. The van der Waals surface area contributed by atoms with Crippen LogP contribution in [-0.2, 0) is 0 Å². The van der Waals surface area contributed by atoms with Gasteiger partial charge in [-0.15, -0.1) is 11.3 Å². The van der Waals surface area contributed by atoms with E-state index in [0.29, 0.717) is 29.0 Å². The first-order valence-electron chi connectivity index (χ1n) is 11.4. The van der Waals surface area contributed by atoms with Crippen LogP contribution in [0.2, 0.25) is 0 Å². The molecule has 0 bridgehead atoms. The Morgan fingerprint density at radius 1 is 1.09 bits per heavy atom. The molecule has 0 aliphatic carbocycles. The van der Waals surface area contributed by atoms with Crippen LogP contribution in [0.1, 0.15) is 31.2 Å². The largest absolute Gasteiger partial charge is 0.506 e. The molecule has 2 saturated heterocycles. The maximum atomic E-state index is 10.9. The third-order valence-electron chi connectivity index (χ3n) is 6.63. The molecular formula is C24H27N5O2S. The summed E-state index contributed by atoms with van der Waals surface area (Å²) in [6.07, 6.45) is 4.86. The lowest BCUT2D eigenvalue weighted by molar-refractivity contribution is -0.0225. The number of aromatic hydroxyl groups is 1. The predicted molar refractivity (Wildman–Crippen MR) is 128 cm³/mol. The molecule has 2 aliphatic heterocycles. The molecule has 0 spiro atoms. The number of fused-ring (bicyclic) bond motifs is 2. The molecule has 1 aromatic carbocycles. The Morgan fingerprint density at radius 3 is 2.81 bits per heavy atom. The first-order valence-corrected chi connectivity index (χ1v) is 12.3. The van der Waals surface area contributed by atoms with E-state index in [1.54, 1.807) is 0 Å². The van der Waals surface area contributed by atoms with E-state index in [4.69, 9.17) is 9.40 Å². The summed E-state index contributed by atoms with van der Waals surface area (Å²) in [5, 5.41) is 22.4. The Hall–Kier alpha value is -2.68. The van der Waals surface area contributed by atoms with Crippen molar-refractivity contribution in [2.45, 2.75) is 38.6 Å². The third kappa shape index (κ3) is 3.52. The van der Waals surface area contributed by atoms with Gasteiger partial charge in [0, 0.05) is 37.8 Å². The number of phenolic OH excluding ortho intramolecular Hbond substituents is 1. The van der Waals surface area contributed by atoms with Crippen LogP contribution in [0.5, 0.6) is 5.75 Å². The Kier molecular flexibility index (Phi) is 5.01. The lowest BCUT2D eigenvalue weighted by Crippen LogP contribution is -2.50. The molecule has 8 heteroatoms. The number of phenols is 1. The maximum absolute atomic E-state index is 10.9. The average molecular weight is 450 g/mol. The van der Waals surface area contributed by atoms with Crippen molar-refractivity contribution in [3.8, 4) is 17.0 Å². The van der Waals surface area contributed by atoms with Crippen molar-refractivity contribution in [3.63, 3.8) is 0 Å². The monoisotopic (exact) mass is 449 g/mol. The molecule has 2 N–H and O–H groups in total. The number of aromatic nitrogens is 2. The summed E-state index contributed by atoms with van der Waals surface area (Å²) in [6.45, 7) is 6.46. The second-order valence-electron chi connectivity index (χ2n) is 8.85. The number of aryl methyl sites for hydroxylation is 1. The molecule has 0 unspecified atom stereocenters. The van der Waals surface area contributed by atoms with Crippen molar-refractivity contribution in [3.05, 3.63) is 35.2 Å². The highest BCUT2D eigenvalue weighted by Gasteiger charge is 2.27. The number of oxazole rings is 1. The van der Waals surface area contributed by atoms with Gasteiger partial charge in [0.1, 0.15) is 5.75 Å². The second kappa shape index (κ2) is 8.03. The van der Waals surface area contributed by atoms with E-state index in [9.17, 15) is 5.11 Å². The normalized spacial score (nSPS) is 20.5. The molecule has 3 aromatic heterocycles. The minimum Gasteiger partial charge on any atom is -0.506 e. The minimum atomic E-state index is 0.285. The fourth-order valence-corrected chi connectivity index (χ4v) is 5.89. The summed E-state index contributed by atoms with van der Waals surface area (Å²) < 4.78 is 6.85. The van der Waals surface area contributed by atoms with Crippen molar-refractivity contribution < 1.29 is 9.52 Å². The predicted octanol–water partition coefficient (Wildman–Crippen LogP) is 5.01. The standard InChI is InChI=1S/C24H27N5O2S/c1-15-13-16-8-12-32-22(16)21(30)20(15)18-6-7-19-23(26-18)27-24(31-19)25-17-5-4-11-29(14-17)28-9-2-3-10-28/h6-8,12-13,17,30H,2-5,9-11,14H2,1H3,(H,25,26,27)/t17-/m1/s1. The van der Waals surface area contributed by atoms with Crippen molar-refractivity contribution in [1.29, 1.82) is 0 Å².